The molecule has 0 saturated carbocycles. The van der Waals surface area contributed by atoms with E-state index in [9.17, 15) is 13.2 Å². The van der Waals surface area contributed by atoms with E-state index in [4.69, 9.17) is 4.74 Å². The van der Waals surface area contributed by atoms with Crippen LogP contribution in [0.15, 0.2) is 23.1 Å². The Bertz CT molecular complexity index is 775. The van der Waals surface area contributed by atoms with Crippen LogP contribution < -0.4 is 5.32 Å². The number of amides is 1. The zero-order chi connectivity index (χ0) is 18.9. The maximum absolute atomic E-state index is 12.9. The summed E-state index contributed by atoms with van der Waals surface area (Å²) in [5.74, 6) is 0. The normalized spacial score (nSPS) is 19.2. The van der Waals surface area contributed by atoms with Gasteiger partial charge in [0.2, 0.25) is 10.0 Å². The second-order valence-electron chi connectivity index (χ2n) is 8.11. The molecule has 2 aliphatic rings. The number of fused-ring (bicyclic) bond motifs is 1. The molecule has 0 spiro atoms. The number of ether oxygens (including phenoxy) is 1. The minimum absolute atomic E-state index is 0.0590. The third-order valence-corrected chi connectivity index (χ3v) is 6.78. The van der Waals surface area contributed by atoms with Gasteiger partial charge in [-0.2, -0.15) is 4.31 Å². The second-order valence-corrected chi connectivity index (χ2v) is 10.0. The molecule has 144 valence electrons. The Morgan fingerprint density at radius 3 is 2.46 bits per heavy atom. The van der Waals surface area contributed by atoms with Crippen molar-refractivity contribution in [2.45, 2.75) is 69.4 Å². The minimum atomic E-state index is -3.47. The van der Waals surface area contributed by atoms with Gasteiger partial charge in [-0.25, -0.2) is 13.2 Å². The lowest BCUT2D eigenvalue weighted by atomic mass is 10.1. The zero-order valence-corrected chi connectivity index (χ0v) is 16.6. The van der Waals surface area contributed by atoms with Crippen LogP contribution in [0.2, 0.25) is 0 Å². The van der Waals surface area contributed by atoms with Gasteiger partial charge >= 0.3 is 6.09 Å². The molecule has 6 nitrogen and oxygen atoms in total. The fraction of sp³-hybridized carbons (Fsp3) is 0.632. The quantitative estimate of drug-likeness (QED) is 0.875. The van der Waals surface area contributed by atoms with Crippen LogP contribution in [0.3, 0.4) is 0 Å². The van der Waals surface area contributed by atoms with Crippen LogP contribution in [-0.2, 0) is 27.6 Å². The molecule has 1 aliphatic carbocycles. The second kappa shape index (κ2) is 7.19. The number of carbonyl (C=O) groups is 1. The van der Waals surface area contributed by atoms with Crippen LogP contribution >= 0.6 is 0 Å². The van der Waals surface area contributed by atoms with Crippen molar-refractivity contribution < 1.29 is 17.9 Å². The number of nitrogens with one attached hydrogen (secondary N) is 1. The number of piperidine rings is 1. The molecule has 1 saturated heterocycles. The number of rotatable bonds is 3. The molecule has 0 unspecified atom stereocenters. The number of nitrogens with zero attached hydrogens (tertiary/aromatic N) is 1. The van der Waals surface area contributed by atoms with Gasteiger partial charge in [-0.05, 0) is 76.1 Å². The summed E-state index contributed by atoms with van der Waals surface area (Å²) in [5.41, 5.74) is 1.89. The van der Waals surface area contributed by atoms with Gasteiger partial charge in [0.1, 0.15) is 5.60 Å². The number of alkyl carbamates (subject to hydrolysis) is 1. The maximum atomic E-state index is 12.9. The van der Waals surface area contributed by atoms with E-state index < -0.39 is 21.7 Å². The summed E-state index contributed by atoms with van der Waals surface area (Å²) >= 11 is 0. The van der Waals surface area contributed by atoms with Gasteiger partial charge in [-0.3, -0.25) is 0 Å². The highest BCUT2D eigenvalue weighted by atomic mass is 32.2. The predicted molar refractivity (Wildman–Crippen MR) is 99.6 cm³/mol. The third-order valence-electron chi connectivity index (χ3n) is 4.88. The molecule has 1 aliphatic heterocycles. The van der Waals surface area contributed by atoms with Gasteiger partial charge in [0, 0.05) is 19.1 Å². The van der Waals surface area contributed by atoms with Crippen molar-refractivity contribution in [3.63, 3.8) is 0 Å². The Labute approximate surface area is 156 Å². The molecule has 0 radical (unpaired) electrons. The minimum Gasteiger partial charge on any atom is -0.444 e. The molecular weight excluding hydrogens is 352 g/mol. The van der Waals surface area contributed by atoms with Crippen LogP contribution in [0.4, 0.5) is 4.79 Å². The number of aryl methyl sites for hydroxylation is 2. The summed E-state index contributed by atoms with van der Waals surface area (Å²) in [5, 5.41) is 2.84. The number of sulfonamides is 1. The Morgan fingerprint density at radius 2 is 1.81 bits per heavy atom. The van der Waals surface area contributed by atoms with Crippen molar-refractivity contribution in [2.24, 2.45) is 0 Å². The van der Waals surface area contributed by atoms with Crippen LogP contribution in [0.5, 0.6) is 0 Å². The highest BCUT2D eigenvalue weighted by molar-refractivity contribution is 7.89. The fourth-order valence-corrected chi connectivity index (χ4v) is 5.09. The number of carbonyl (C=O) groups excluding carboxylic acids is 1. The van der Waals surface area contributed by atoms with Gasteiger partial charge in [-0.15, -0.1) is 0 Å². The number of hydrogen-bond donors (Lipinski definition) is 1. The fourth-order valence-electron chi connectivity index (χ4n) is 3.57. The van der Waals surface area contributed by atoms with Crippen molar-refractivity contribution in [2.75, 3.05) is 13.1 Å². The smallest absolute Gasteiger partial charge is 0.407 e. The van der Waals surface area contributed by atoms with Gasteiger partial charge < -0.3 is 10.1 Å². The molecule has 1 amide bonds. The summed E-state index contributed by atoms with van der Waals surface area (Å²) < 4.78 is 32.6. The molecular formula is C19H28N2O4S. The van der Waals surface area contributed by atoms with E-state index in [2.05, 4.69) is 5.32 Å². The molecule has 3 rings (SSSR count). The maximum Gasteiger partial charge on any atom is 0.407 e. The van der Waals surface area contributed by atoms with Crippen molar-refractivity contribution in [3.05, 3.63) is 29.3 Å². The van der Waals surface area contributed by atoms with Crippen LogP contribution in [0.1, 0.15) is 51.2 Å². The lowest BCUT2D eigenvalue weighted by Gasteiger charge is -2.32. The summed E-state index contributed by atoms with van der Waals surface area (Å²) in [7, 11) is -3.47. The first-order valence-corrected chi connectivity index (χ1v) is 10.7. The molecule has 26 heavy (non-hydrogen) atoms. The Balaban J connectivity index is 1.59. The largest absolute Gasteiger partial charge is 0.444 e. The van der Waals surface area contributed by atoms with Crippen molar-refractivity contribution in [1.29, 1.82) is 0 Å². The number of hydrogen-bond acceptors (Lipinski definition) is 4. The van der Waals surface area contributed by atoms with E-state index in [-0.39, 0.29) is 6.04 Å². The number of benzene rings is 1. The van der Waals surface area contributed by atoms with Gasteiger partial charge in [0.15, 0.2) is 0 Å². The first-order valence-electron chi connectivity index (χ1n) is 9.27. The lowest BCUT2D eigenvalue weighted by Crippen LogP contribution is -2.47. The monoisotopic (exact) mass is 380 g/mol. The van der Waals surface area contributed by atoms with E-state index >= 15 is 0 Å². The van der Waals surface area contributed by atoms with E-state index in [0.717, 1.165) is 24.8 Å². The first-order chi connectivity index (χ1) is 12.1. The van der Waals surface area contributed by atoms with Gasteiger partial charge in [-0.1, -0.05) is 6.07 Å². The van der Waals surface area contributed by atoms with Crippen molar-refractivity contribution in [1.82, 2.24) is 9.62 Å². The van der Waals surface area contributed by atoms with Crippen LogP contribution in [0.25, 0.3) is 0 Å². The SMILES string of the molecule is CC(C)(C)OC(=O)NC1CCN(S(=O)(=O)c2ccc3c(c2)CCC3)CC1. The highest BCUT2D eigenvalue weighted by Crippen LogP contribution is 2.27. The predicted octanol–water partition coefficient (Wildman–Crippen LogP) is 2.85. The van der Waals surface area contributed by atoms with Crippen LogP contribution in [0, 0.1) is 0 Å². The molecule has 0 atom stereocenters. The van der Waals surface area contributed by atoms with E-state index in [0.29, 0.717) is 30.8 Å². The highest BCUT2D eigenvalue weighted by Gasteiger charge is 2.31. The van der Waals surface area contributed by atoms with Crippen LogP contribution in [-0.4, -0.2) is 43.5 Å². The zero-order valence-electron chi connectivity index (χ0n) is 15.7. The average molecular weight is 381 g/mol. The first kappa shape index (κ1) is 19.2. The lowest BCUT2D eigenvalue weighted by molar-refractivity contribution is 0.0489. The Morgan fingerprint density at radius 1 is 1.15 bits per heavy atom. The summed E-state index contributed by atoms with van der Waals surface area (Å²) in [6, 6.07) is 5.45. The summed E-state index contributed by atoms with van der Waals surface area (Å²) in [4.78, 5) is 12.3. The average Bonchev–Trinajstić information content (AvgIpc) is 3.01. The molecule has 7 heteroatoms. The molecule has 0 bridgehead atoms. The molecule has 1 aromatic carbocycles. The molecule has 1 aromatic rings. The standard InChI is InChI=1S/C19H28N2O4S/c1-19(2,3)25-18(22)20-16-9-11-21(12-10-16)26(23,24)17-8-7-14-5-4-6-15(14)13-17/h7-8,13,16H,4-6,9-12H2,1-3H3,(H,20,22). The molecule has 1 fully saturated rings. The van der Waals surface area contributed by atoms with E-state index in [1.54, 1.807) is 6.07 Å². The molecule has 1 N–H and O–H groups in total. The summed E-state index contributed by atoms with van der Waals surface area (Å²) in [6.07, 6.45) is 3.82. The molecule has 0 aromatic heterocycles. The van der Waals surface area contributed by atoms with Gasteiger partial charge in [0.25, 0.3) is 0 Å². The van der Waals surface area contributed by atoms with E-state index in [1.807, 2.05) is 32.9 Å². The Hall–Kier alpha value is -1.60. The summed E-state index contributed by atoms with van der Waals surface area (Å²) in [6.45, 7) is 6.26. The third kappa shape index (κ3) is 4.38. The topological polar surface area (TPSA) is 75.7 Å². The molecule has 1 heterocycles. The van der Waals surface area contributed by atoms with Gasteiger partial charge in [0.05, 0.1) is 4.90 Å². The van der Waals surface area contributed by atoms with Crippen molar-refractivity contribution in [3.8, 4) is 0 Å². The van der Waals surface area contributed by atoms with Crippen molar-refractivity contribution >= 4 is 16.1 Å². The van der Waals surface area contributed by atoms with E-state index in [1.165, 1.54) is 9.87 Å². The Kier molecular flexibility index (Phi) is 5.30.